The molecule has 38 heavy (non-hydrogen) atoms. The SMILES string of the molecule is CCCCCC1CCC(c2ccc(-c3ccc(-c4ccc([Si](C)(C)CCCO)cc4)c(F)c3F)cc2)CC1. The third-order valence-electron chi connectivity index (χ3n) is 8.78. The van der Waals surface area contributed by atoms with E-state index in [1.807, 2.05) is 36.4 Å². The third kappa shape index (κ3) is 6.82. The molecule has 1 N–H and O–H groups in total. The van der Waals surface area contributed by atoms with E-state index in [0.717, 1.165) is 23.9 Å². The molecule has 3 aromatic carbocycles. The van der Waals surface area contributed by atoms with Crippen LogP contribution in [0.1, 0.15) is 76.2 Å². The lowest BCUT2D eigenvalue weighted by Gasteiger charge is -2.29. The minimum atomic E-state index is -1.66. The first-order chi connectivity index (χ1) is 18.3. The van der Waals surface area contributed by atoms with Crippen LogP contribution in [0.2, 0.25) is 19.1 Å². The van der Waals surface area contributed by atoms with E-state index in [1.165, 1.54) is 62.1 Å². The Labute approximate surface area is 229 Å². The number of benzene rings is 3. The van der Waals surface area contributed by atoms with Crippen LogP contribution < -0.4 is 5.19 Å². The average molecular weight is 535 g/mol. The second-order valence-corrected chi connectivity index (χ2v) is 16.8. The lowest BCUT2D eigenvalue weighted by Crippen LogP contribution is -2.41. The van der Waals surface area contributed by atoms with Gasteiger partial charge < -0.3 is 5.11 Å². The Morgan fingerprint density at radius 1 is 0.737 bits per heavy atom. The smallest absolute Gasteiger partial charge is 0.167 e. The van der Waals surface area contributed by atoms with E-state index in [4.69, 9.17) is 0 Å². The van der Waals surface area contributed by atoms with Crippen molar-refractivity contribution in [2.75, 3.05) is 6.61 Å². The molecular formula is C34H44F2OSi. The molecule has 1 nitrogen and oxygen atoms in total. The van der Waals surface area contributed by atoms with Crippen molar-refractivity contribution in [3.8, 4) is 22.3 Å². The van der Waals surface area contributed by atoms with Crippen LogP contribution in [0.3, 0.4) is 0 Å². The minimum Gasteiger partial charge on any atom is -0.396 e. The number of unbranched alkanes of at least 4 members (excludes halogenated alkanes) is 2. The molecule has 0 radical (unpaired) electrons. The highest BCUT2D eigenvalue weighted by molar-refractivity contribution is 6.89. The number of hydrogen-bond donors (Lipinski definition) is 1. The van der Waals surface area contributed by atoms with Gasteiger partial charge in [0, 0.05) is 17.7 Å². The van der Waals surface area contributed by atoms with Gasteiger partial charge >= 0.3 is 0 Å². The predicted octanol–water partition coefficient (Wildman–Crippen LogP) is 9.45. The molecule has 0 aromatic heterocycles. The van der Waals surface area contributed by atoms with Crippen LogP contribution in [0.15, 0.2) is 60.7 Å². The van der Waals surface area contributed by atoms with Gasteiger partial charge in [-0.05, 0) is 60.6 Å². The lowest BCUT2D eigenvalue weighted by molar-refractivity contribution is 0.294. The second kappa shape index (κ2) is 13.2. The van der Waals surface area contributed by atoms with Crippen LogP contribution in [0.5, 0.6) is 0 Å². The van der Waals surface area contributed by atoms with Gasteiger partial charge in [0.1, 0.15) is 0 Å². The zero-order valence-electron chi connectivity index (χ0n) is 23.4. The summed E-state index contributed by atoms with van der Waals surface area (Å²) in [7, 11) is -1.66. The molecule has 3 aromatic rings. The molecule has 0 amide bonds. The van der Waals surface area contributed by atoms with Gasteiger partial charge in [0.25, 0.3) is 0 Å². The molecule has 1 aliphatic carbocycles. The summed E-state index contributed by atoms with van der Waals surface area (Å²) in [6.45, 7) is 7.02. The fourth-order valence-corrected chi connectivity index (χ4v) is 8.56. The van der Waals surface area contributed by atoms with Crippen molar-refractivity contribution in [2.45, 2.75) is 89.8 Å². The Balaban J connectivity index is 1.44. The fourth-order valence-electron chi connectivity index (χ4n) is 6.16. The molecule has 0 heterocycles. The summed E-state index contributed by atoms with van der Waals surface area (Å²) in [6, 6.07) is 20.4. The van der Waals surface area contributed by atoms with Crippen molar-refractivity contribution >= 4 is 13.3 Å². The molecule has 4 heteroatoms. The molecule has 1 fully saturated rings. The van der Waals surface area contributed by atoms with Crippen molar-refractivity contribution in [2.24, 2.45) is 5.92 Å². The summed E-state index contributed by atoms with van der Waals surface area (Å²) in [5.74, 6) is -0.124. The number of rotatable bonds is 11. The van der Waals surface area contributed by atoms with E-state index < -0.39 is 19.7 Å². The minimum absolute atomic E-state index is 0.203. The molecule has 0 spiro atoms. The number of hydrogen-bond acceptors (Lipinski definition) is 1. The van der Waals surface area contributed by atoms with Crippen LogP contribution in [-0.4, -0.2) is 19.8 Å². The number of aliphatic hydroxyl groups is 1. The van der Waals surface area contributed by atoms with Crippen LogP contribution in [0.25, 0.3) is 22.3 Å². The van der Waals surface area contributed by atoms with Crippen LogP contribution >= 0.6 is 0 Å². The van der Waals surface area contributed by atoms with E-state index >= 15 is 8.78 Å². The van der Waals surface area contributed by atoms with Gasteiger partial charge in [-0.25, -0.2) is 8.78 Å². The first-order valence-corrected chi connectivity index (χ1v) is 17.8. The first kappa shape index (κ1) is 28.7. The van der Waals surface area contributed by atoms with Gasteiger partial charge in [0.05, 0.1) is 8.07 Å². The van der Waals surface area contributed by atoms with Gasteiger partial charge in [-0.2, -0.15) is 0 Å². The maximum atomic E-state index is 15.3. The Morgan fingerprint density at radius 3 is 1.82 bits per heavy atom. The van der Waals surface area contributed by atoms with Gasteiger partial charge in [-0.3, -0.25) is 0 Å². The number of halogens is 2. The van der Waals surface area contributed by atoms with Crippen LogP contribution in [-0.2, 0) is 0 Å². The molecule has 1 aliphatic rings. The van der Waals surface area contributed by atoms with Crippen molar-refractivity contribution < 1.29 is 13.9 Å². The molecular weight excluding hydrogens is 490 g/mol. The Morgan fingerprint density at radius 2 is 1.29 bits per heavy atom. The second-order valence-electron chi connectivity index (χ2n) is 11.9. The average Bonchev–Trinajstić information content (AvgIpc) is 2.94. The highest BCUT2D eigenvalue weighted by Gasteiger charge is 2.24. The molecule has 4 rings (SSSR count). The zero-order chi connectivity index (χ0) is 27.1. The quantitative estimate of drug-likeness (QED) is 0.192. The van der Waals surface area contributed by atoms with Gasteiger partial charge in [0.15, 0.2) is 11.6 Å². The van der Waals surface area contributed by atoms with Gasteiger partial charge in [-0.1, -0.05) is 118 Å². The topological polar surface area (TPSA) is 20.2 Å². The van der Waals surface area contributed by atoms with Gasteiger partial charge in [-0.15, -0.1) is 0 Å². The highest BCUT2D eigenvalue weighted by Crippen LogP contribution is 2.39. The van der Waals surface area contributed by atoms with E-state index in [-0.39, 0.29) is 6.61 Å². The molecule has 0 unspecified atom stereocenters. The zero-order valence-corrected chi connectivity index (χ0v) is 24.4. The molecule has 0 aliphatic heterocycles. The van der Waals surface area contributed by atoms with Crippen molar-refractivity contribution in [3.05, 3.63) is 77.9 Å². The predicted molar refractivity (Wildman–Crippen MR) is 160 cm³/mol. The largest absolute Gasteiger partial charge is 0.396 e. The van der Waals surface area contributed by atoms with E-state index in [0.29, 0.717) is 22.6 Å². The Hall–Kier alpha value is -2.30. The van der Waals surface area contributed by atoms with Crippen molar-refractivity contribution in [1.82, 2.24) is 0 Å². The van der Waals surface area contributed by atoms with Crippen molar-refractivity contribution in [3.63, 3.8) is 0 Å². The Kier molecular flexibility index (Phi) is 9.95. The van der Waals surface area contributed by atoms with E-state index in [2.05, 4.69) is 32.2 Å². The summed E-state index contributed by atoms with van der Waals surface area (Å²) in [4.78, 5) is 0. The normalized spacial score (nSPS) is 18.1. The maximum Gasteiger partial charge on any atom is 0.167 e. The van der Waals surface area contributed by atoms with Crippen molar-refractivity contribution in [1.29, 1.82) is 0 Å². The third-order valence-corrected chi connectivity index (χ3v) is 12.3. The number of aliphatic hydroxyl groups excluding tert-OH is 1. The standard InChI is InChI=1S/C34H44F2OSi/c1-4-5-6-8-25-9-11-26(12-10-25)27-13-15-28(16-14-27)31-21-22-32(34(36)33(31)35)29-17-19-30(20-18-29)38(2,3)24-7-23-37/h13-22,25-26,37H,4-12,23-24H2,1-3H3. The summed E-state index contributed by atoms with van der Waals surface area (Å²) in [5, 5.41) is 10.4. The highest BCUT2D eigenvalue weighted by atomic mass is 28.3. The summed E-state index contributed by atoms with van der Waals surface area (Å²) in [5.41, 5.74) is 3.33. The van der Waals surface area contributed by atoms with E-state index in [1.54, 1.807) is 12.1 Å². The summed E-state index contributed by atoms with van der Waals surface area (Å²) < 4.78 is 30.5. The molecule has 204 valence electrons. The van der Waals surface area contributed by atoms with Gasteiger partial charge in [0.2, 0.25) is 0 Å². The van der Waals surface area contributed by atoms with E-state index in [9.17, 15) is 5.11 Å². The maximum absolute atomic E-state index is 15.3. The van der Waals surface area contributed by atoms with Crippen LogP contribution in [0.4, 0.5) is 8.78 Å². The van der Waals surface area contributed by atoms with Crippen LogP contribution in [0, 0.1) is 17.6 Å². The molecule has 1 saturated carbocycles. The summed E-state index contributed by atoms with van der Waals surface area (Å²) in [6.07, 6.45) is 11.2. The Bertz CT molecular complexity index is 1160. The lowest BCUT2D eigenvalue weighted by atomic mass is 9.77. The first-order valence-electron chi connectivity index (χ1n) is 14.6. The molecule has 0 atom stereocenters. The molecule has 0 bridgehead atoms. The monoisotopic (exact) mass is 534 g/mol. The fraction of sp³-hybridized carbons (Fsp3) is 0.471. The summed E-state index contributed by atoms with van der Waals surface area (Å²) >= 11 is 0. The molecule has 0 saturated heterocycles.